The first-order chi connectivity index (χ1) is 22.3. The number of carboxylic acids is 1. The average molecular weight is 621 g/mol. The number of hydrogen-bond acceptors (Lipinski definition) is 6. The molecule has 0 bridgehead atoms. The largest absolute Gasteiger partial charge is 0.481 e. The first-order valence-electron chi connectivity index (χ1n) is 15.1. The van der Waals surface area contributed by atoms with Crippen molar-refractivity contribution in [3.05, 3.63) is 131 Å². The molecule has 1 atom stereocenters. The van der Waals surface area contributed by atoms with E-state index in [9.17, 15) is 24.3 Å². The number of nitrogens with one attached hydrogen (secondary N) is 2. The molecule has 0 aromatic heterocycles. The van der Waals surface area contributed by atoms with Gasteiger partial charge in [0.1, 0.15) is 6.61 Å². The summed E-state index contributed by atoms with van der Waals surface area (Å²) >= 11 is 0. The molecule has 0 radical (unpaired) electrons. The van der Waals surface area contributed by atoms with E-state index in [1.54, 1.807) is 47.4 Å². The van der Waals surface area contributed by atoms with Crippen molar-refractivity contribution < 1.29 is 29.0 Å². The molecule has 3 N–H and O–H groups in total. The molecule has 1 aliphatic rings. The van der Waals surface area contributed by atoms with Crippen LogP contribution in [-0.4, -0.2) is 60.1 Å². The maximum Gasteiger partial charge on any atom is 0.412 e. The zero-order valence-electron chi connectivity index (χ0n) is 25.5. The zero-order valence-corrected chi connectivity index (χ0v) is 25.5. The van der Waals surface area contributed by atoms with E-state index in [4.69, 9.17) is 4.74 Å². The Kier molecular flexibility index (Phi) is 10.3. The van der Waals surface area contributed by atoms with Gasteiger partial charge in [-0.2, -0.15) is 0 Å². The fraction of sp³-hybridized carbons (Fsp3) is 0.222. The SMILES string of the molecule is Cc1ccc(C(CC(=O)O)NC(=O)c2ccc(N3CCN(C(=O)c4ccccc4)CC3)c(NC(=O)OCc3ccccc3)c2)cc1. The van der Waals surface area contributed by atoms with Crippen LogP contribution in [0.2, 0.25) is 0 Å². The molecule has 1 aliphatic heterocycles. The summed E-state index contributed by atoms with van der Waals surface area (Å²) in [5.41, 5.74) is 4.40. The van der Waals surface area contributed by atoms with E-state index in [1.807, 2.05) is 72.5 Å². The molecule has 236 valence electrons. The molecular weight excluding hydrogens is 584 g/mol. The van der Waals surface area contributed by atoms with Gasteiger partial charge in [0.2, 0.25) is 0 Å². The third-order valence-electron chi connectivity index (χ3n) is 7.80. The van der Waals surface area contributed by atoms with Crippen LogP contribution < -0.4 is 15.5 Å². The van der Waals surface area contributed by atoms with Gasteiger partial charge in [-0.3, -0.25) is 19.7 Å². The Morgan fingerprint density at radius 1 is 0.804 bits per heavy atom. The minimum atomic E-state index is -1.05. The second-order valence-corrected chi connectivity index (χ2v) is 11.1. The summed E-state index contributed by atoms with van der Waals surface area (Å²) in [6.07, 6.45) is -0.987. The van der Waals surface area contributed by atoms with Gasteiger partial charge in [-0.15, -0.1) is 0 Å². The number of piperazine rings is 1. The number of anilines is 2. The number of amides is 3. The summed E-state index contributed by atoms with van der Waals surface area (Å²) in [5, 5.41) is 15.2. The fourth-order valence-electron chi connectivity index (χ4n) is 5.30. The standard InChI is InChI=1S/C36H36N4O6/c1-25-12-14-27(15-13-25)30(23-33(41)42)37-34(43)29-16-17-32(31(22-29)38-36(45)46-24-26-8-4-2-5-9-26)39-18-20-40(21-19-39)35(44)28-10-6-3-7-11-28/h2-17,22,30H,18-21,23-24H2,1H3,(H,37,43)(H,38,45)(H,41,42). The van der Waals surface area contributed by atoms with Gasteiger partial charge in [0, 0.05) is 37.3 Å². The molecule has 1 unspecified atom stereocenters. The molecule has 0 aliphatic carbocycles. The van der Waals surface area contributed by atoms with Crippen molar-refractivity contribution in [2.24, 2.45) is 0 Å². The highest BCUT2D eigenvalue weighted by molar-refractivity contribution is 5.99. The number of rotatable bonds is 10. The number of hydrogen-bond donors (Lipinski definition) is 3. The topological polar surface area (TPSA) is 128 Å². The molecule has 4 aromatic carbocycles. The summed E-state index contributed by atoms with van der Waals surface area (Å²) in [6, 6.07) is 29.9. The Balaban J connectivity index is 1.35. The molecular formula is C36H36N4O6. The molecule has 3 amide bonds. The zero-order chi connectivity index (χ0) is 32.5. The molecule has 0 spiro atoms. The van der Waals surface area contributed by atoms with Crippen molar-refractivity contribution in [1.82, 2.24) is 10.2 Å². The summed E-state index contributed by atoms with van der Waals surface area (Å²) in [5.74, 6) is -1.58. The number of benzene rings is 4. The van der Waals surface area contributed by atoms with Gasteiger partial charge in [-0.25, -0.2) is 4.79 Å². The highest BCUT2D eigenvalue weighted by Crippen LogP contribution is 2.30. The van der Waals surface area contributed by atoms with Gasteiger partial charge in [0.15, 0.2) is 0 Å². The Hall–Kier alpha value is -5.64. The quantitative estimate of drug-likeness (QED) is 0.209. The lowest BCUT2D eigenvalue weighted by atomic mass is 10.0. The third-order valence-corrected chi connectivity index (χ3v) is 7.80. The van der Waals surface area contributed by atoms with Crippen molar-refractivity contribution >= 4 is 35.3 Å². The predicted molar refractivity (Wildman–Crippen MR) is 175 cm³/mol. The smallest absolute Gasteiger partial charge is 0.412 e. The highest BCUT2D eigenvalue weighted by Gasteiger charge is 2.25. The fourth-order valence-corrected chi connectivity index (χ4v) is 5.30. The van der Waals surface area contributed by atoms with Crippen LogP contribution in [0.15, 0.2) is 103 Å². The van der Waals surface area contributed by atoms with Gasteiger partial charge in [0.25, 0.3) is 11.8 Å². The minimum Gasteiger partial charge on any atom is -0.481 e. The van der Waals surface area contributed by atoms with Gasteiger partial charge < -0.3 is 25.0 Å². The molecule has 1 saturated heterocycles. The summed E-state index contributed by atoms with van der Waals surface area (Å²) < 4.78 is 5.46. The number of ether oxygens (including phenoxy) is 1. The minimum absolute atomic E-state index is 0.0420. The second kappa shape index (κ2) is 14.9. The van der Waals surface area contributed by atoms with Gasteiger partial charge >= 0.3 is 12.1 Å². The van der Waals surface area contributed by atoms with E-state index in [-0.39, 0.29) is 24.5 Å². The van der Waals surface area contributed by atoms with Crippen LogP contribution >= 0.6 is 0 Å². The van der Waals surface area contributed by atoms with Crippen molar-refractivity contribution in [3.8, 4) is 0 Å². The molecule has 10 heteroatoms. The van der Waals surface area contributed by atoms with E-state index < -0.39 is 24.0 Å². The van der Waals surface area contributed by atoms with Crippen LogP contribution in [0.25, 0.3) is 0 Å². The van der Waals surface area contributed by atoms with Crippen LogP contribution in [-0.2, 0) is 16.1 Å². The second-order valence-electron chi connectivity index (χ2n) is 11.1. The van der Waals surface area contributed by atoms with Crippen molar-refractivity contribution in [2.75, 3.05) is 36.4 Å². The van der Waals surface area contributed by atoms with Crippen LogP contribution in [0, 0.1) is 6.92 Å². The number of carbonyl (C=O) groups is 4. The molecule has 1 heterocycles. The van der Waals surface area contributed by atoms with Gasteiger partial charge in [0.05, 0.1) is 23.8 Å². The number of nitrogens with zero attached hydrogens (tertiary/aromatic N) is 2. The number of aryl methyl sites for hydroxylation is 1. The molecule has 0 saturated carbocycles. The van der Waals surface area contributed by atoms with E-state index in [2.05, 4.69) is 10.6 Å². The maximum atomic E-state index is 13.5. The molecule has 1 fully saturated rings. The maximum absolute atomic E-state index is 13.5. The first kappa shape index (κ1) is 31.8. The molecule has 10 nitrogen and oxygen atoms in total. The summed E-state index contributed by atoms with van der Waals surface area (Å²) in [4.78, 5) is 54.9. The van der Waals surface area contributed by atoms with Crippen LogP contribution in [0.5, 0.6) is 0 Å². The van der Waals surface area contributed by atoms with Crippen molar-refractivity contribution in [2.45, 2.75) is 26.0 Å². The Labute approximate surface area is 267 Å². The van der Waals surface area contributed by atoms with Crippen LogP contribution in [0.3, 0.4) is 0 Å². The monoisotopic (exact) mass is 620 g/mol. The first-order valence-corrected chi connectivity index (χ1v) is 15.1. The van der Waals surface area contributed by atoms with Crippen molar-refractivity contribution in [3.63, 3.8) is 0 Å². The molecule has 5 rings (SSSR count). The van der Waals surface area contributed by atoms with Gasteiger partial charge in [-0.1, -0.05) is 78.4 Å². The lowest BCUT2D eigenvalue weighted by Crippen LogP contribution is -2.49. The predicted octanol–water partition coefficient (Wildman–Crippen LogP) is 5.65. The van der Waals surface area contributed by atoms with Gasteiger partial charge in [-0.05, 0) is 48.4 Å². The Morgan fingerprint density at radius 3 is 2.11 bits per heavy atom. The number of aliphatic carboxylic acids is 1. The van der Waals surface area contributed by atoms with E-state index in [1.165, 1.54) is 0 Å². The lowest BCUT2D eigenvalue weighted by Gasteiger charge is -2.37. The molecule has 4 aromatic rings. The van der Waals surface area contributed by atoms with Crippen LogP contribution in [0.1, 0.15) is 49.9 Å². The molecule has 46 heavy (non-hydrogen) atoms. The van der Waals surface area contributed by atoms with E-state index in [0.717, 1.165) is 11.1 Å². The Bertz CT molecular complexity index is 1670. The van der Waals surface area contributed by atoms with Crippen LogP contribution in [0.4, 0.5) is 16.2 Å². The normalized spacial score (nSPS) is 13.4. The number of carbonyl (C=O) groups excluding carboxylic acids is 3. The van der Waals surface area contributed by atoms with Crippen molar-refractivity contribution in [1.29, 1.82) is 0 Å². The third kappa shape index (κ3) is 8.29. The van der Waals surface area contributed by atoms with E-state index in [0.29, 0.717) is 48.7 Å². The number of carboxylic acid groups (broad SMARTS) is 1. The highest BCUT2D eigenvalue weighted by atomic mass is 16.5. The summed E-state index contributed by atoms with van der Waals surface area (Å²) in [7, 11) is 0. The Morgan fingerprint density at radius 2 is 1.46 bits per heavy atom. The van der Waals surface area contributed by atoms with E-state index >= 15 is 0 Å². The lowest BCUT2D eigenvalue weighted by molar-refractivity contribution is -0.137. The summed E-state index contributed by atoms with van der Waals surface area (Å²) in [6.45, 7) is 3.95. The average Bonchev–Trinajstić information content (AvgIpc) is 3.08.